The number of fused-ring (bicyclic) bond motifs is 2. The fourth-order valence-corrected chi connectivity index (χ4v) is 17.2. The fraction of sp³-hybridized carbons (Fsp3) is 0.481. The number of likely N-dealkylation sites (N-methyl/N-ethyl adjacent to an activating group) is 1. The van der Waals surface area contributed by atoms with Gasteiger partial charge in [-0.2, -0.15) is 0 Å². The van der Waals surface area contributed by atoms with Crippen LogP contribution in [0.25, 0.3) is 0 Å². The molecule has 7 heterocycles. The highest BCUT2D eigenvalue weighted by atomic mass is 16.5. The summed E-state index contributed by atoms with van der Waals surface area (Å²) in [6, 6.07) is 55.9. The van der Waals surface area contributed by atoms with Crippen LogP contribution >= 0.6 is 0 Å². The van der Waals surface area contributed by atoms with E-state index in [0.29, 0.717) is 134 Å². The number of benzene rings is 7. The van der Waals surface area contributed by atoms with E-state index >= 15 is 0 Å². The van der Waals surface area contributed by atoms with Crippen LogP contribution in [0.15, 0.2) is 183 Å². The number of nitrogens with one attached hydrogen (secondary N) is 5. The van der Waals surface area contributed by atoms with Crippen LogP contribution in [0.2, 0.25) is 0 Å². The molecule has 14 rings (SSSR count). The number of methoxy groups -OCH3 is 6. The molecule has 0 aliphatic carbocycles. The molecular weight excluding hydrogens is 1660 g/mol. The Kier molecular flexibility index (Phi) is 41.1. The second-order valence-corrected chi connectivity index (χ2v) is 33.7. The third-order valence-corrected chi connectivity index (χ3v) is 24.6. The quantitative estimate of drug-likeness (QED) is 0.0222. The Labute approximate surface area is 774 Å². The number of aryl methyl sites for hydroxylation is 3. The standard InChI is InChI=1S/C35H46N4O5.C35H46N2O6.C34H45N5O5/c1-41-21-6-20-39-31-23-26(8-9-28(31)12-15-34(39)40)25-44-33-24-36-19-16-30(33)27-10-13-29(14-11-27)43-22-4-3-17-37-35-32(42-2)7-5-18-38-35;1-26-10-11-27(22-32(26)35(38)37(2)18-21-39-3)24-43-34-23-36-17-16-31(34)28-12-14-30(15-13-28)42-20-7-19-41-25-29-8-5-6-9-33(29)40-4;1-41-18-5-17-39-30-20-25(6-7-27(30)10-13-33(39)40)23-44-31-21-35-16-14-29(31)26-8-11-28(12-9-26)43-19-4-3-15-37-34-32(42-2)22-36-24-38-34/h5,7-11,13-14,18,23,30,33,36H,3-4,6,12,15-17,19-22,24-25H2,1-2H3,(H,37,38);5-6,8-15,22,31,34,36H,7,16-21,23-25H2,1-4H3;6-9,11-12,20,22,24,29,31,35H,3-5,10,13-19,21,23H2,1-2H3,(H,36,37,38)/t30-,33+;31-,34+;29-,31+/m111/s1. The predicted octanol–water partition coefficient (Wildman–Crippen LogP) is 15.4. The maximum Gasteiger partial charge on any atom is 0.253 e. The van der Waals surface area contributed by atoms with Crippen molar-refractivity contribution in [2.75, 3.05) is 188 Å². The third kappa shape index (κ3) is 30.4. The van der Waals surface area contributed by atoms with Crippen molar-refractivity contribution in [3.63, 3.8) is 0 Å². The van der Waals surface area contributed by atoms with Gasteiger partial charge in [0, 0.05) is 160 Å². The molecule has 5 aliphatic heterocycles. The van der Waals surface area contributed by atoms with Crippen molar-refractivity contribution in [3.05, 3.63) is 244 Å². The highest BCUT2D eigenvalue weighted by Crippen LogP contribution is 2.37. The smallest absolute Gasteiger partial charge is 0.253 e. The van der Waals surface area contributed by atoms with Gasteiger partial charge in [-0.3, -0.25) is 14.4 Å². The molecule has 2 aromatic heterocycles. The monoisotopic (exact) mass is 1800 g/mol. The number of aromatic nitrogens is 3. The molecule has 7 aromatic carbocycles. The van der Waals surface area contributed by atoms with E-state index in [1.54, 1.807) is 67.0 Å². The number of pyridine rings is 1. The second-order valence-electron chi connectivity index (χ2n) is 33.7. The van der Waals surface area contributed by atoms with E-state index in [0.717, 1.165) is 203 Å². The zero-order valence-corrected chi connectivity index (χ0v) is 78.0. The van der Waals surface area contributed by atoms with Crippen LogP contribution in [0.1, 0.15) is 161 Å². The van der Waals surface area contributed by atoms with E-state index in [9.17, 15) is 14.4 Å². The molecule has 3 fully saturated rings. The number of unbranched alkanes of at least 4 members (excludes halogenated alkanes) is 2. The van der Waals surface area contributed by atoms with Crippen LogP contribution in [0.3, 0.4) is 0 Å². The van der Waals surface area contributed by atoms with Gasteiger partial charge >= 0.3 is 0 Å². The van der Waals surface area contributed by atoms with Gasteiger partial charge in [-0.25, -0.2) is 15.0 Å². The number of hydrogen-bond donors (Lipinski definition) is 5. The van der Waals surface area contributed by atoms with E-state index in [-0.39, 0.29) is 42.0 Å². The highest BCUT2D eigenvalue weighted by molar-refractivity contribution is 5.97. The molecule has 27 nitrogen and oxygen atoms in total. The van der Waals surface area contributed by atoms with Gasteiger partial charge in [0.2, 0.25) is 11.8 Å². The summed E-state index contributed by atoms with van der Waals surface area (Å²) in [5, 5.41) is 17.1. The molecule has 9 aromatic rings. The number of hydrogen-bond acceptors (Lipinski definition) is 24. The van der Waals surface area contributed by atoms with Crippen LogP contribution in [0, 0.1) is 6.92 Å². The normalized spacial score (nSPS) is 17.6. The molecule has 27 heteroatoms. The van der Waals surface area contributed by atoms with Crippen molar-refractivity contribution in [3.8, 4) is 34.5 Å². The summed E-state index contributed by atoms with van der Waals surface area (Å²) in [6.07, 6.45) is 17.1. The van der Waals surface area contributed by atoms with Crippen molar-refractivity contribution >= 4 is 40.7 Å². The number of carbonyl (C=O) groups excluding carboxylic acids is 3. The molecule has 704 valence electrons. The Bertz CT molecular complexity index is 4710. The van der Waals surface area contributed by atoms with Crippen molar-refractivity contribution in [1.29, 1.82) is 0 Å². The first-order chi connectivity index (χ1) is 64.3. The number of para-hydroxylation sites is 1. The number of amides is 3. The molecule has 5 aliphatic rings. The van der Waals surface area contributed by atoms with Gasteiger partial charge in [-0.1, -0.05) is 91.0 Å². The van der Waals surface area contributed by atoms with Gasteiger partial charge < -0.3 is 103 Å². The zero-order valence-electron chi connectivity index (χ0n) is 78.0. The summed E-state index contributed by atoms with van der Waals surface area (Å²) < 4.78 is 74.9. The second kappa shape index (κ2) is 54.2. The maximum absolute atomic E-state index is 13.0. The number of nitrogens with zero attached hydrogens (tertiary/aromatic N) is 6. The molecule has 3 amide bonds. The van der Waals surface area contributed by atoms with E-state index in [1.165, 1.54) is 34.1 Å². The molecule has 0 unspecified atom stereocenters. The lowest BCUT2D eigenvalue weighted by atomic mass is 9.87. The number of anilines is 4. The van der Waals surface area contributed by atoms with Gasteiger partial charge in [0.05, 0.1) is 105 Å². The minimum atomic E-state index is -0.00343. The van der Waals surface area contributed by atoms with Gasteiger partial charge in [0.1, 0.15) is 29.3 Å². The van der Waals surface area contributed by atoms with Crippen LogP contribution in [0.4, 0.5) is 23.0 Å². The maximum atomic E-state index is 13.0. The van der Waals surface area contributed by atoms with Crippen LogP contribution in [0.5, 0.6) is 34.5 Å². The SMILES string of the molecule is COCCCN1C(=O)CCc2ccc(CO[C@H]3CNCC[C@@H]3c3ccc(OCCCCNc4ncccc4OC)cc3)cc21.COCCCN1C(=O)CCc2ccc(CO[C@H]3CNCC[C@@H]3c3ccc(OCCCCNc4ncncc4OC)cc3)cc21.COCCN(C)C(=O)c1cc(CO[C@H]2CNCC[C@@H]2c2ccc(OCCCOCc3ccccc3OC)cc2)ccc1C. The summed E-state index contributed by atoms with van der Waals surface area (Å²) in [7, 11) is 11.8. The first-order valence-corrected chi connectivity index (χ1v) is 46.6. The molecular formula is C104H137N11O16. The highest BCUT2D eigenvalue weighted by Gasteiger charge is 2.33. The van der Waals surface area contributed by atoms with Crippen molar-refractivity contribution < 1.29 is 76.0 Å². The predicted molar refractivity (Wildman–Crippen MR) is 512 cm³/mol. The minimum Gasteiger partial charge on any atom is -0.496 e. The van der Waals surface area contributed by atoms with Gasteiger partial charge in [-0.15, -0.1) is 0 Å². The lowest BCUT2D eigenvalue weighted by Gasteiger charge is -2.33. The Balaban J connectivity index is 0.000000178. The lowest BCUT2D eigenvalue weighted by molar-refractivity contribution is -0.119. The molecule has 3 saturated heterocycles. The largest absolute Gasteiger partial charge is 0.496 e. The third-order valence-electron chi connectivity index (χ3n) is 24.6. The van der Waals surface area contributed by atoms with Crippen molar-refractivity contribution in [2.45, 2.75) is 159 Å². The van der Waals surface area contributed by atoms with Gasteiger partial charge in [0.25, 0.3) is 5.91 Å². The Morgan fingerprint density at radius 1 is 0.458 bits per heavy atom. The van der Waals surface area contributed by atoms with Crippen LogP contribution < -0.4 is 64.8 Å². The Morgan fingerprint density at radius 2 is 0.916 bits per heavy atom. The van der Waals surface area contributed by atoms with E-state index in [2.05, 4.69) is 139 Å². The molecule has 0 spiro atoms. The van der Waals surface area contributed by atoms with Crippen LogP contribution in [-0.2, 0) is 82.0 Å². The average Bonchev–Trinajstić information content (AvgIpc) is 0.769. The molecule has 0 bridgehead atoms. The minimum absolute atomic E-state index is 0.00343. The topological polar surface area (TPSA) is 280 Å². The Hall–Kier alpha value is -10.8. The number of rotatable bonds is 48. The summed E-state index contributed by atoms with van der Waals surface area (Å²) in [5.74, 6) is 7.61. The molecule has 0 saturated carbocycles. The summed E-state index contributed by atoms with van der Waals surface area (Å²) in [5.41, 5.74) is 14.2. The summed E-state index contributed by atoms with van der Waals surface area (Å²) in [6.45, 7) is 17.1. The first kappa shape index (κ1) is 99.2. The van der Waals surface area contributed by atoms with Gasteiger partial charge in [0.15, 0.2) is 23.1 Å². The number of carbonyl (C=O) groups is 3. The molecule has 0 radical (unpaired) electrons. The van der Waals surface area contributed by atoms with Crippen molar-refractivity contribution in [2.24, 2.45) is 0 Å². The zero-order chi connectivity index (χ0) is 91.6. The molecule has 6 atom stereocenters. The average molecular weight is 1800 g/mol. The fourth-order valence-electron chi connectivity index (χ4n) is 17.2. The van der Waals surface area contributed by atoms with E-state index in [4.69, 9.17) is 61.6 Å². The first-order valence-electron chi connectivity index (χ1n) is 46.6. The summed E-state index contributed by atoms with van der Waals surface area (Å²) in [4.78, 5) is 56.4. The number of ether oxygens (including phenoxy) is 13. The Morgan fingerprint density at radius 3 is 1.40 bits per heavy atom. The molecule has 5 N–H and O–H groups in total. The van der Waals surface area contributed by atoms with E-state index < -0.39 is 0 Å². The van der Waals surface area contributed by atoms with E-state index in [1.807, 2.05) is 83.5 Å². The van der Waals surface area contributed by atoms with Crippen molar-refractivity contribution in [1.82, 2.24) is 35.8 Å². The van der Waals surface area contributed by atoms with Crippen LogP contribution in [-0.4, -0.2) is 224 Å². The summed E-state index contributed by atoms with van der Waals surface area (Å²) >= 11 is 0. The van der Waals surface area contributed by atoms with Gasteiger partial charge in [-0.05, 0) is 220 Å². The molecule has 131 heavy (non-hydrogen) atoms. The number of piperidine rings is 3. The lowest BCUT2D eigenvalue weighted by Crippen LogP contribution is -2.41.